The molecule has 0 saturated carbocycles. The molecule has 0 aliphatic carbocycles. The number of hydrogen-bond donors (Lipinski definition) is 1. The zero-order valence-electron chi connectivity index (χ0n) is 12.9. The van der Waals surface area contributed by atoms with E-state index in [1.54, 1.807) is 12.0 Å². The van der Waals surface area contributed by atoms with Crippen LogP contribution in [0, 0.1) is 5.92 Å². The average Bonchev–Trinajstić information content (AvgIpc) is 2.44. The molecule has 0 aliphatic rings. The van der Waals surface area contributed by atoms with Crippen molar-refractivity contribution >= 4 is 23.1 Å². The third-order valence-corrected chi connectivity index (χ3v) is 3.29. The minimum Gasteiger partial charge on any atom is -0.393 e. The summed E-state index contributed by atoms with van der Waals surface area (Å²) in [5.41, 5.74) is 6.41. The van der Waals surface area contributed by atoms with Crippen LogP contribution in [-0.4, -0.2) is 36.0 Å². The predicted molar refractivity (Wildman–Crippen MR) is 89.0 cm³/mol. The van der Waals surface area contributed by atoms with Crippen LogP contribution < -0.4 is 5.73 Å². The molecule has 0 fully saturated rings. The first-order valence-corrected chi connectivity index (χ1v) is 7.51. The van der Waals surface area contributed by atoms with Gasteiger partial charge in [0, 0.05) is 26.6 Å². The molecule has 1 aromatic carbocycles. The molecule has 1 unspecified atom stereocenters. The first-order valence-electron chi connectivity index (χ1n) is 7.10. The molecule has 1 amide bonds. The highest BCUT2D eigenvalue weighted by atomic mass is 32.1. The van der Waals surface area contributed by atoms with Gasteiger partial charge in [0.25, 0.3) is 5.91 Å². The number of ether oxygens (including phenoxy) is 1. The summed E-state index contributed by atoms with van der Waals surface area (Å²) < 4.78 is 5.41. The van der Waals surface area contributed by atoms with E-state index in [9.17, 15) is 4.79 Å². The molecule has 0 bridgehead atoms. The van der Waals surface area contributed by atoms with Crippen LogP contribution >= 0.6 is 12.2 Å². The molecule has 0 heterocycles. The Morgan fingerprint density at radius 1 is 1.33 bits per heavy atom. The number of carbonyl (C=O) groups is 1. The monoisotopic (exact) mass is 308 g/mol. The van der Waals surface area contributed by atoms with Crippen molar-refractivity contribution in [2.45, 2.75) is 26.4 Å². The van der Waals surface area contributed by atoms with Gasteiger partial charge in [-0.3, -0.25) is 4.79 Å². The number of carbonyl (C=O) groups excluding carboxylic acids is 1. The zero-order valence-corrected chi connectivity index (χ0v) is 13.7. The van der Waals surface area contributed by atoms with Gasteiger partial charge in [-0.05, 0) is 11.5 Å². The maximum atomic E-state index is 12.7. The van der Waals surface area contributed by atoms with Crippen molar-refractivity contribution in [2.75, 3.05) is 20.2 Å². The van der Waals surface area contributed by atoms with E-state index in [1.807, 2.05) is 30.3 Å². The van der Waals surface area contributed by atoms with Crippen LogP contribution in [0.25, 0.3) is 0 Å². The molecule has 0 aliphatic heterocycles. The van der Waals surface area contributed by atoms with Crippen molar-refractivity contribution in [3.8, 4) is 0 Å². The van der Waals surface area contributed by atoms with Gasteiger partial charge in [0.15, 0.2) is 6.10 Å². The highest BCUT2D eigenvalue weighted by molar-refractivity contribution is 7.80. The normalized spacial score (nSPS) is 12.2. The molecule has 4 nitrogen and oxygen atoms in total. The van der Waals surface area contributed by atoms with Gasteiger partial charge in [-0.1, -0.05) is 56.4 Å². The number of nitrogens with two attached hydrogens (primary N) is 1. The summed E-state index contributed by atoms with van der Waals surface area (Å²) in [6.45, 7) is 5.34. The quantitative estimate of drug-likeness (QED) is 0.750. The van der Waals surface area contributed by atoms with E-state index in [4.69, 9.17) is 22.7 Å². The van der Waals surface area contributed by atoms with Crippen molar-refractivity contribution in [1.82, 2.24) is 4.90 Å². The van der Waals surface area contributed by atoms with Crippen LogP contribution in [0.15, 0.2) is 30.3 Å². The van der Waals surface area contributed by atoms with Gasteiger partial charge in [-0.15, -0.1) is 0 Å². The number of hydrogen-bond acceptors (Lipinski definition) is 3. The Morgan fingerprint density at radius 2 is 1.95 bits per heavy atom. The van der Waals surface area contributed by atoms with Crippen LogP contribution in [0.2, 0.25) is 0 Å². The van der Waals surface area contributed by atoms with Gasteiger partial charge >= 0.3 is 0 Å². The standard InChI is InChI=1S/C16H24N2O2S/c1-12(2)11-18(10-9-14(17)21)16(19)15(20-3)13-7-5-4-6-8-13/h4-8,12,15H,9-11H2,1-3H3,(H2,17,21). The first kappa shape index (κ1) is 17.6. The average molecular weight is 308 g/mol. The fourth-order valence-corrected chi connectivity index (χ4v) is 2.24. The van der Waals surface area contributed by atoms with Crippen molar-refractivity contribution in [2.24, 2.45) is 11.7 Å². The summed E-state index contributed by atoms with van der Waals surface area (Å²) in [6, 6.07) is 9.51. The van der Waals surface area contributed by atoms with Crippen LogP contribution in [0.5, 0.6) is 0 Å². The van der Waals surface area contributed by atoms with Crippen LogP contribution in [0.3, 0.4) is 0 Å². The number of nitrogens with zero attached hydrogens (tertiary/aromatic N) is 1. The molecule has 0 radical (unpaired) electrons. The second kappa shape index (κ2) is 8.74. The van der Waals surface area contributed by atoms with Gasteiger partial charge in [-0.2, -0.15) is 0 Å². The Hall–Kier alpha value is -1.46. The lowest BCUT2D eigenvalue weighted by Crippen LogP contribution is -2.40. The smallest absolute Gasteiger partial charge is 0.256 e. The number of thiocarbonyl (C=S) groups is 1. The SMILES string of the molecule is COC(C(=O)N(CCC(N)=S)CC(C)C)c1ccccc1. The minimum absolute atomic E-state index is 0.0475. The third kappa shape index (κ3) is 5.81. The summed E-state index contributed by atoms with van der Waals surface area (Å²) in [7, 11) is 1.55. The molecule has 0 aromatic heterocycles. The molecule has 2 N–H and O–H groups in total. The van der Waals surface area contributed by atoms with Crippen LogP contribution in [-0.2, 0) is 9.53 Å². The van der Waals surface area contributed by atoms with E-state index in [-0.39, 0.29) is 5.91 Å². The Morgan fingerprint density at radius 3 is 2.43 bits per heavy atom. The number of rotatable bonds is 8. The van der Waals surface area contributed by atoms with E-state index < -0.39 is 6.10 Å². The molecule has 116 valence electrons. The second-order valence-electron chi connectivity index (χ2n) is 5.42. The maximum absolute atomic E-state index is 12.7. The van der Waals surface area contributed by atoms with Crippen molar-refractivity contribution < 1.29 is 9.53 Å². The fraction of sp³-hybridized carbons (Fsp3) is 0.500. The Balaban J connectivity index is 2.88. The van der Waals surface area contributed by atoms with E-state index in [2.05, 4.69) is 13.8 Å². The molecule has 0 saturated heterocycles. The molecule has 1 rings (SSSR count). The summed E-state index contributed by atoms with van der Waals surface area (Å²) in [5.74, 6) is 0.322. The van der Waals surface area contributed by atoms with Crippen molar-refractivity contribution in [1.29, 1.82) is 0 Å². The summed E-state index contributed by atoms with van der Waals surface area (Å²) in [5, 5.41) is 0. The van der Waals surface area contributed by atoms with Crippen LogP contribution in [0.4, 0.5) is 0 Å². The third-order valence-electron chi connectivity index (χ3n) is 3.09. The van der Waals surface area contributed by atoms with E-state index >= 15 is 0 Å². The lowest BCUT2D eigenvalue weighted by Gasteiger charge is -2.28. The number of amides is 1. The molecular weight excluding hydrogens is 284 g/mol. The van der Waals surface area contributed by atoms with Crippen LogP contribution in [0.1, 0.15) is 31.9 Å². The highest BCUT2D eigenvalue weighted by Crippen LogP contribution is 2.20. The van der Waals surface area contributed by atoms with Gasteiger partial charge in [0.2, 0.25) is 0 Å². The molecular formula is C16H24N2O2S. The molecule has 21 heavy (non-hydrogen) atoms. The summed E-state index contributed by atoms with van der Waals surface area (Å²) in [4.78, 5) is 14.9. The predicted octanol–water partition coefficient (Wildman–Crippen LogP) is 2.53. The van der Waals surface area contributed by atoms with E-state index in [0.717, 1.165) is 5.56 Å². The van der Waals surface area contributed by atoms with E-state index in [0.29, 0.717) is 30.4 Å². The topological polar surface area (TPSA) is 55.6 Å². The number of benzene rings is 1. The fourth-order valence-electron chi connectivity index (χ4n) is 2.15. The largest absolute Gasteiger partial charge is 0.393 e. The lowest BCUT2D eigenvalue weighted by molar-refractivity contribution is -0.142. The Kier molecular flexibility index (Phi) is 7.32. The molecule has 0 spiro atoms. The van der Waals surface area contributed by atoms with Gasteiger partial charge < -0.3 is 15.4 Å². The molecule has 1 aromatic rings. The van der Waals surface area contributed by atoms with Gasteiger partial charge in [-0.25, -0.2) is 0 Å². The Bertz CT molecular complexity index is 463. The minimum atomic E-state index is -0.587. The molecule has 5 heteroatoms. The first-order chi connectivity index (χ1) is 9.95. The van der Waals surface area contributed by atoms with Crippen molar-refractivity contribution in [3.63, 3.8) is 0 Å². The summed E-state index contributed by atoms with van der Waals surface area (Å²) in [6.07, 6.45) is -0.0600. The molecule has 1 atom stereocenters. The zero-order chi connectivity index (χ0) is 15.8. The summed E-state index contributed by atoms with van der Waals surface area (Å²) >= 11 is 4.91. The van der Waals surface area contributed by atoms with Gasteiger partial charge in [0.05, 0.1) is 4.99 Å². The maximum Gasteiger partial charge on any atom is 0.256 e. The van der Waals surface area contributed by atoms with E-state index in [1.165, 1.54) is 0 Å². The number of methoxy groups -OCH3 is 1. The van der Waals surface area contributed by atoms with Crippen molar-refractivity contribution in [3.05, 3.63) is 35.9 Å². The Labute approximate surface area is 132 Å². The second-order valence-corrected chi connectivity index (χ2v) is 5.95. The lowest BCUT2D eigenvalue weighted by atomic mass is 10.1. The van der Waals surface area contributed by atoms with Gasteiger partial charge in [0.1, 0.15) is 0 Å². The highest BCUT2D eigenvalue weighted by Gasteiger charge is 2.26.